The lowest BCUT2D eigenvalue weighted by Gasteiger charge is -2.36. The molecule has 1 N–H and O–H groups in total. The number of amides is 3. The standard InChI is InChI=1S/C29H37N7O3S/c1-20-30-28-24(17-22-9-4-3-5-10-22)32-29(39)25-11-6-7-14-35(25)26(37)12-8-13-34(15-16-36(28)33-20)27(38)18-23-19-40-21(2)31-23/h3-5,9-10,19,24-25H,6-8,11-18H2,1-2H3,(H,32,39)/t24-,25+/m1/s1. The highest BCUT2D eigenvalue weighted by Gasteiger charge is 2.34. The van der Waals surface area contributed by atoms with Gasteiger partial charge in [-0.2, -0.15) is 5.10 Å². The van der Waals surface area contributed by atoms with Gasteiger partial charge in [0.15, 0.2) is 0 Å². The molecule has 0 bridgehead atoms. The largest absolute Gasteiger partial charge is 0.344 e. The van der Waals surface area contributed by atoms with Crippen LogP contribution in [0, 0.1) is 13.8 Å². The minimum absolute atomic E-state index is 0.0202. The summed E-state index contributed by atoms with van der Waals surface area (Å²) >= 11 is 1.53. The number of nitrogens with one attached hydrogen (secondary N) is 1. The molecule has 11 heteroatoms. The first-order valence-electron chi connectivity index (χ1n) is 14.1. The zero-order valence-electron chi connectivity index (χ0n) is 23.2. The lowest BCUT2D eigenvalue weighted by Crippen LogP contribution is -2.53. The summed E-state index contributed by atoms with van der Waals surface area (Å²) in [5.74, 6) is 1.07. The van der Waals surface area contributed by atoms with Crippen molar-refractivity contribution in [3.05, 3.63) is 63.6 Å². The van der Waals surface area contributed by atoms with E-state index in [-0.39, 0.29) is 24.1 Å². The molecule has 2 aliphatic rings. The number of aryl methyl sites for hydroxylation is 2. The van der Waals surface area contributed by atoms with Crippen LogP contribution in [0.3, 0.4) is 0 Å². The molecule has 2 atom stereocenters. The summed E-state index contributed by atoms with van der Waals surface area (Å²) in [5, 5.41) is 10.7. The maximum Gasteiger partial charge on any atom is 0.243 e. The Labute approximate surface area is 238 Å². The fourth-order valence-corrected chi connectivity index (χ4v) is 6.23. The first kappa shape index (κ1) is 27.9. The zero-order chi connectivity index (χ0) is 28.1. The van der Waals surface area contributed by atoms with Crippen LogP contribution in [0.25, 0.3) is 0 Å². The summed E-state index contributed by atoms with van der Waals surface area (Å²) in [7, 11) is 0. The summed E-state index contributed by atoms with van der Waals surface area (Å²) in [6.07, 6.45) is 4.02. The van der Waals surface area contributed by atoms with E-state index in [0.29, 0.717) is 63.5 Å². The van der Waals surface area contributed by atoms with E-state index in [1.54, 1.807) is 4.90 Å². The smallest absolute Gasteiger partial charge is 0.243 e. The van der Waals surface area contributed by atoms with Crippen molar-refractivity contribution < 1.29 is 14.4 Å². The van der Waals surface area contributed by atoms with Crippen LogP contribution >= 0.6 is 11.3 Å². The van der Waals surface area contributed by atoms with E-state index < -0.39 is 12.1 Å². The molecule has 0 radical (unpaired) electrons. The van der Waals surface area contributed by atoms with Crippen molar-refractivity contribution in [3.63, 3.8) is 0 Å². The molecular weight excluding hydrogens is 526 g/mol. The third kappa shape index (κ3) is 6.75. The Morgan fingerprint density at radius 2 is 1.85 bits per heavy atom. The van der Waals surface area contributed by atoms with Crippen molar-refractivity contribution in [1.82, 2.24) is 34.9 Å². The predicted molar refractivity (Wildman–Crippen MR) is 152 cm³/mol. The van der Waals surface area contributed by atoms with Crippen LogP contribution in [0.15, 0.2) is 35.7 Å². The second-order valence-electron chi connectivity index (χ2n) is 10.6. The zero-order valence-corrected chi connectivity index (χ0v) is 24.0. The van der Waals surface area contributed by atoms with Gasteiger partial charge < -0.3 is 15.1 Å². The van der Waals surface area contributed by atoms with Gasteiger partial charge in [-0.15, -0.1) is 11.3 Å². The van der Waals surface area contributed by atoms with E-state index in [9.17, 15) is 14.4 Å². The van der Waals surface area contributed by atoms with Gasteiger partial charge in [-0.25, -0.2) is 14.6 Å². The SMILES string of the molecule is Cc1nc2n(n1)CCN(C(=O)Cc1csc(C)n1)CCCC(=O)N1CCCC[C@H]1C(=O)N[C@@H]2Cc1ccccc1. The van der Waals surface area contributed by atoms with Crippen LogP contribution in [-0.2, 0) is 33.8 Å². The number of carbonyl (C=O) groups is 3. The molecule has 4 heterocycles. The summed E-state index contributed by atoms with van der Waals surface area (Å²) in [6.45, 7) is 5.65. The Kier molecular flexibility index (Phi) is 8.88. The van der Waals surface area contributed by atoms with E-state index in [2.05, 4.69) is 15.4 Å². The molecule has 1 fully saturated rings. The van der Waals surface area contributed by atoms with Crippen LogP contribution in [0.5, 0.6) is 0 Å². The number of hydrogen-bond donors (Lipinski definition) is 1. The van der Waals surface area contributed by atoms with Crippen molar-refractivity contribution in [2.45, 2.75) is 77.4 Å². The molecule has 1 aromatic carbocycles. The fourth-order valence-electron chi connectivity index (χ4n) is 5.62. The number of rotatable bonds is 4. The fraction of sp³-hybridized carbons (Fsp3) is 0.517. The molecule has 0 unspecified atom stereocenters. The minimum atomic E-state index is -0.509. The van der Waals surface area contributed by atoms with Gasteiger partial charge in [0.2, 0.25) is 17.7 Å². The lowest BCUT2D eigenvalue weighted by atomic mass is 9.99. The Bertz CT molecular complexity index is 1340. The Morgan fingerprint density at radius 3 is 2.62 bits per heavy atom. The normalized spacial score (nSPS) is 20.9. The highest BCUT2D eigenvalue weighted by molar-refractivity contribution is 7.09. The van der Waals surface area contributed by atoms with Crippen molar-refractivity contribution in [3.8, 4) is 0 Å². The van der Waals surface area contributed by atoms with Crippen LogP contribution in [-0.4, -0.2) is 72.9 Å². The quantitative estimate of drug-likeness (QED) is 0.522. The maximum absolute atomic E-state index is 13.7. The second kappa shape index (κ2) is 12.7. The second-order valence-corrected chi connectivity index (χ2v) is 11.7. The molecule has 0 spiro atoms. The molecule has 5 rings (SSSR count). The van der Waals surface area contributed by atoms with E-state index in [0.717, 1.165) is 29.1 Å². The van der Waals surface area contributed by atoms with Gasteiger partial charge in [-0.3, -0.25) is 14.4 Å². The highest BCUT2D eigenvalue weighted by Crippen LogP contribution is 2.23. The number of piperidine rings is 1. The first-order valence-corrected chi connectivity index (χ1v) is 15.0. The van der Waals surface area contributed by atoms with Crippen LogP contribution in [0.2, 0.25) is 0 Å². The molecule has 2 aromatic heterocycles. The molecule has 3 aromatic rings. The van der Waals surface area contributed by atoms with Gasteiger partial charge in [0, 0.05) is 31.4 Å². The van der Waals surface area contributed by atoms with Gasteiger partial charge in [-0.05, 0) is 51.5 Å². The molecule has 1 saturated heterocycles. The number of hydrogen-bond acceptors (Lipinski definition) is 7. The van der Waals surface area contributed by atoms with Gasteiger partial charge >= 0.3 is 0 Å². The molecule has 0 saturated carbocycles. The van der Waals surface area contributed by atoms with E-state index in [1.165, 1.54) is 11.3 Å². The molecule has 3 amide bonds. The average Bonchev–Trinajstić information content (AvgIpc) is 3.54. The van der Waals surface area contributed by atoms with Gasteiger partial charge in [0.1, 0.15) is 17.7 Å². The van der Waals surface area contributed by atoms with Gasteiger partial charge in [0.05, 0.1) is 29.7 Å². The lowest BCUT2D eigenvalue weighted by molar-refractivity contribution is -0.143. The Hall–Kier alpha value is -3.60. The molecule has 10 nitrogen and oxygen atoms in total. The minimum Gasteiger partial charge on any atom is -0.344 e. The maximum atomic E-state index is 13.7. The Balaban J connectivity index is 1.46. The first-order chi connectivity index (χ1) is 19.4. The van der Waals surface area contributed by atoms with Gasteiger partial charge in [0.25, 0.3) is 0 Å². The van der Waals surface area contributed by atoms with Crippen LogP contribution in [0.1, 0.15) is 66.1 Å². The number of thiazole rings is 1. The monoisotopic (exact) mass is 563 g/mol. The summed E-state index contributed by atoms with van der Waals surface area (Å²) in [4.78, 5) is 53.1. The average molecular weight is 564 g/mol. The molecule has 212 valence electrons. The van der Waals surface area contributed by atoms with Crippen molar-refractivity contribution >= 4 is 29.1 Å². The van der Waals surface area contributed by atoms with Crippen LogP contribution in [0.4, 0.5) is 0 Å². The number of fused-ring (bicyclic) bond motifs is 2. The van der Waals surface area contributed by atoms with Crippen molar-refractivity contribution in [2.75, 3.05) is 19.6 Å². The molecule has 0 aliphatic carbocycles. The van der Waals surface area contributed by atoms with Crippen molar-refractivity contribution in [2.24, 2.45) is 0 Å². The molecule has 40 heavy (non-hydrogen) atoms. The summed E-state index contributed by atoms with van der Waals surface area (Å²) in [6, 6.07) is 9.04. The van der Waals surface area contributed by atoms with E-state index in [1.807, 2.05) is 59.1 Å². The van der Waals surface area contributed by atoms with Gasteiger partial charge in [-0.1, -0.05) is 30.3 Å². The highest BCUT2D eigenvalue weighted by atomic mass is 32.1. The molecular formula is C29H37N7O3S. The molecule has 2 aliphatic heterocycles. The number of benzene rings is 1. The summed E-state index contributed by atoms with van der Waals surface area (Å²) in [5.41, 5.74) is 1.83. The van der Waals surface area contributed by atoms with Crippen molar-refractivity contribution in [1.29, 1.82) is 0 Å². The third-order valence-electron chi connectivity index (χ3n) is 7.59. The number of nitrogens with zero attached hydrogens (tertiary/aromatic N) is 6. The topological polar surface area (TPSA) is 113 Å². The van der Waals surface area contributed by atoms with E-state index in [4.69, 9.17) is 4.98 Å². The van der Waals surface area contributed by atoms with E-state index >= 15 is 0 Å². The number of carbonyl (C=O) groups excluding carboxylic acids is 3. The Morgan fingerprint density at radius 1 is 1.02 bits per heavy atom. The number of aromatic nitrogens is 4. The third-order valence-corrected chi connectivity index (χ3v) is 8.42. The predicted octanol–water partition coefficient (Wildman–Crippen LogP) is 3.00. The van der Waals surface area contributed by atoms with Crippen LogP contribution < -0.4 is 5.32 Å². The summed E-state index contributed by atoms with van der Waals surface area (Å²) < 4.78 is 1.83.